The molecule has 3 nitrogen and oxygen atoms in total. The first-order chi connectivity index (χ1) is 9.24. The summed E-state index contributed by atoms with van der Waals surface area (Å²) in [6, 6.07) is 12.2. The maximum absolute atomic E-state index is 13.6. The number of benzene rings is 2. The second-order valence-corrected chi connectivity index (χ2v) is 4.90. The molecule has 1 N–H and O–H groups in total. The zero-order chi connectivity index (χ0) is 13.2. The summed E-state index contributed by atoms with van der Waals surface area (Å²) >= 11 is 3.41. The topological polar surface area (TPSA) is 37.8 Å². The van der Waals surface area contributed by atoms with E-state index in [1.807, 2.05) is 18.2 Å². The van der Waals surface area contributed by atoms with Crippen LogP contribution in [0.3, 0.4) is 0 Å². The van der Waals surface area contributed by atoms with Crippen LogP contribution in [0.1, 0.15) is 0 Å². The molecular weight excluding hydrogens is 309 g/mol. The van der Waals surface area contributed by atoms with E-state index >= 15 is 0 Å². The van der Waals surface area contributed by atoms with Gasteiger partial charge in [0.05, 0.1) is 11.2 Å². The van der Waals surface area contributed by atoms with E-state index in [4.69, 9.17) is 0 Å². The Kier molecular flexibility index (Phi) is 3.13. The van der Waals surface area contributed by atoms with E-state index in [9.17, 15) is 4.39 Å². The van der Waals surface area contributed by atoms with Crippen LogP contribution in [0.15, 0.2) is 53.3 Å². The van der Waals surface area contributed by atoms with E-state index in [1.54, 1.807) is 18.2 Å². The van der Waals surface area contributed by atoms with Crippen molar-refractivity contribution in [2.24, 2.45) is 0 Å². The predicted molar refractivity (Wildman–Crippen MR) is 76.9 cm³/mol. The Balaban J connectivity index is 2.10. The van der Waals surface area contributed by atoms with E-state index in [1.165, 1.54) is 12.4 Å². The summed E-state index contributed by atoms with van der Waals surface area (Å²) < 4.78 is 14.6. The molecule has 0 atom stereocenters. The average molecular weight is 318 g/mol. The normalized spacial score (nSPS) is 10.6. The Morgan fingerprint density at radius 2 is 1.89 bits per heavy atom. The second kappa shape index (κ2) is 4.93. The molecule has 94 valence electrons. The van der Waals surface area contributed by atoms with E-state index in [0.29, 0.717) is 11.5 Å². The molecule has 0 aliphatic carbocycles. The van der Waals surface area contributed by atoms with Gasteiger partial charge < -0.3 is 5.32 Å². The molecule has 3 aromatic rings. The van der Waals surface area contributed by atoms with E-state index in [2.05, 4.69) is 31.2 Å². The molecule has 0 amide bonds. The van der Waals surface area contributed by atoms with E-state index in [0.717, 1.165) is 15.4 Å². The van der Waals surface area contributed by atoms with Crippen molar-refractivity contribution < 1.29 is 4.39 Å². The molecule has 0 radical (unpaired) electrons. The van der Waals surface area contributed by atoms with Crippen molar-refractivity contribution in [1.29, 1.82) is 0 Å². The zero-order valence-electron chi connectivity index (χ0n) is 9.77. The summed E-state index contributed by atoms with van der Waals surface area (Å²) in [5, 5.41) is 3.83. The fourth-order valence-corrected chi connectivity index (χ4v) is 2.18. The molecular formula is C14H9BrFN3. The molecule has 19 heavy (non-hydrogen) atoms. The third kappa shape index (κ3) is 2.42. The number of nitrogens with zero attached hydrogens (tertiary/aromatic N) is 2. The maximum Gasteiger partial charge on any atom is 0.146 e. The van der Waals surface area contributed by atoms with Crippen LogP contribution >= 0.6 is 15.9 Å². The SMILES string of the molecule is Fc1ccccc1Nc1ncnc2ccc(Br)cc12. The summed E-state index contributed by atoms with van der Waals surface area (Å²) in [5.74, 6) is 0.264. The minimum absolute atomic E-state index is 0.316. The van der Waals surface area contributed by atoms with Crippen LogP contribution in [-0.4, -0.2) is 9.97 Å². The van der Waals surface area contributed by atoms with Gasteiger partial charge in [0.15, 0.2) is 0 Å². The summed E-state index contributed by atoms with van der Waals surface area (Å²) in [7, 11) is 0. The van der Waals surface area contributed by atoms with E-state index in [-0.39, 0.29) is 5.82 Å². The fourth-order valence-electron chi connectivity index (χ4n) is 1.82. The quantitative estimate of drug-likeness (QED) is 0.766. The van der Waals surface area contributed by atoms with E-state index < -0.39 is 0 Å². The Bertz CT molecular complexity index is 746. The molecule has 0 unspecified atom stereocenters. The van der Waals surface area contributed by atoms with Crippen LogP contribution in [0.5, 0.6) is 0 Å². The first-order valence-corrected chi connectivity index (χ1v) is 6.45. The molecule has 0 saturated heterocycles. The zero-order valence-corrected chi connectivity index (χ0v) is 11.4. The molecule has 0 fully saturated rings. The number of nitrogens with one attached hydrogen (secondary N) is 1. The minimum Gasteiger partial charge on any atom is -0.337 e. The molecule has 2 aromatic carbocycles. The Morgan fingerprint density at radius 1 is 1.05 bits per heavy atom. The van der Waals surface area contributed by atoms with Crippen molar-refractivity contribution in [3.63, 3.8) is 0 Å². The summed E-state index contributed by atoms with van der Waals surface area (Å²) in [4.78, 5) is 8.36. The Labute approximate surface area is 117 Å². The molecule has 0 spiro atoms. The smallest absolute Gasteiger partial charge is 0.146 e. The third-order valence-electron chi connectivity index (χ3n) is 2.72. The standard InChI is InChI=1S/C14H9BrFN3/c15-9-5-6-12-10(7-9)14(18-8-17-12)19-13-4-2-1-3-11(13)16/h1-8H,(H,17,18,19). The van der Waals surface area contributed by atoms with Crippen molar-refractivity contribution >= 4 is 38.3 Å². The second-order valence-electron chi connectivity index (χ2n) is 3.99. The number of halogens is 2. The highest BCUT2D eigenvalue weighted by molar-refractivity contribution is 9.10. The average Bonchev–Trinajstić information content (AvgIpc) is 2.42. The van der Waals surface area contributed by atoms with Gasteiger partial charge in [-0.2, -0.15) is 0 Å². The predicted octanol–water partition coefficient (Wildman–Crippen LogP) is 4.28. The number of aromatic nitrogens is 2. The van der Waals surface area contributed by atoms with Gasteiger partial charge in [-0.25, -0.2) is 14.4 Å². The Morgan fingerprint density at radius 3 is 2.74 bits per heavy atom. The van der Waals surface area contributed by atoms with Gasteiger partial charge in [-0.05, 0) is 30.3 Å². The van der Waals surface area contributed by atoms with Crippen LogP contribution in [0, 0.1) is 5.82 Å². The van der Waals surface area contributed by atoms with Crippen molar-refractivity contribution in [3.05, 3.63) is 59.1 Å². The van der Waals surface area contributed by atoms with Crippen LogP contribution in [0.25, 0.3) is 10.9 Å². The fraction of sp³-hybridized carbons (Fsp3) is 0. The van der Waals surface area contributed by atoms with Crippen LogP contribution < -0.4 is 5.32 Å². The van der Waals surface area contributed by atoms with Gasteiger partial charge in [0.25, 0.3) is 0 Å². The highest BCUT2D eigenvalue weighted by Gasteiger charge is 2.07. The number of anilines is 2. The van der Waals surface area contributed by atoms with Gasteiger partial charge in [0.2, 0.25) is 0 Å². The van der Waals surface area contributed by atoms with Crippen molar-refractivity contribution in [2.75, 3.05) is 5.32 Å². The van der Waals surface area contributed by atoms with Gasteiger partial charge in [0.1, 0.15) is 18.0 Å². The molecule has 0 bridgehead atoms. The maximum atomic E-state index is 13.6. The van der Waals surface area contributed by atoms with Gasteiger partial charge in [-0.15, -0.1) is 0 Å². The lowest BCUT2D eigenvalue weighted by molar-refractivity contribution is 0.632. The lowest BCUT2D eigenvalue weighted by Crippen LogP contribution is -1.97. The Hall–Kier alpha value is -2.01. The highest BCUT2D eigenvalue weighted by Crippen LogP contribution is 2.26. The lowest BCUT2D eigenvalue weighted by Gasteiger charge is -2.09. The molecule has 1 heterocycles. The van der Waals surface area contributed by atoms with Crippen molar-refractivity contribution in [1.82, 2.24) is 9.97 Å². The first kappa shape index (κ1) is 12.0. The highest BCUT2D eigenvalue weighted by atomic mass is 79.9. The molecule has 5 heteroatoms. The van der Waals surface area contributed by atoms with Crippen molar-refractivity contribution in [2.45, 2.75) is 0 Å². The molecule has 3 rings (SSSR count). The van der Waals surface area contributed by atoms with Crippen LogP contribution in [0.2, 0.25) is 0 Å². The monoisotopic (exact) mass is 317 g/mol. The van der Waals surface area contributed by atoms with Gasteiger partial charge in [-0.1, -0.05) is 28.1 Å². The summed E-state index contributed by atoms with van der Waals surface area (Å²) in [6.45, 7) is 0. The van der Waals surface area contributed by atoms with Gasteiger partial charge in [-0.3, -0.25) is 0 Å². The van der Waals surface area contributed by atoms with Crippen molar-refractivity contribution in [3.8, 4) is 0 Å². The summed E-state index contributed by atoms with van der Waals surface area (Å²) in [6.07, 6.45) is 1.46. The van der Waals surface area contributed by atoms with Gasteiger partial charge in [0, 0.05) is 9.86 Å². The first-order valence-electron chi connectivity index (χ1n) is 5.66. The largest absolute Gasteiger partial charge is 0.337 e. The summed E-state index contributed by atoms with van der Waals surface area (Å²) in [5.41, 5.74) is 1.19. The minimum atomic E-state index is -0.316. The number of para-hydroxylation sites is 1. The number of fused-ring (bicyclic) bond motifs is 1. The lowest BCUT2D eigenvalue weighted by atomic mass is 10.2. The van der Waals surface area contributed by atoms with Crippen LogP contribution in [0.4, 0.5) is 15.9 Å². The third-order valence-corrected chi connectivity index (χ3v) is 3.22. The molecule has 0 aliphatic rings. The van der Waals surface area contributed by atoms with Gasteiger partial charge >= 0.3 is 0 Å². The molecule has 1 aromatic heterocycles. The number of hydrogen-bond acceptors (Lipinski definition) is 3. The van der Waals surface area contributed by atoms with Crippen LogP contribution in [-0.2, 0) is 0 Å². The number of rotatable bonds is 2. The molecule has 0 aliphatic heterocycles. The number of hydrogen-bond donors (Lipinski definition) is 1. The molecule has 0 saturated carbocycles.